The van der Waals surface area contributed by atoms with Crippen LogP contribution in [0.3, 0.4) is 0 Å². The van der Waals surface area contributed by atoms with Gasteiger partial charge in [0.1, 0.15) is 19.6 Å². The standard InChI is InChI=1S/C8H8BF2O6P/c9-7-8(13,2-1-5(10)11)6(17-18(14)15)4(3-12)16-7/h2,4,6-7,12-13H,3H2/p+1/t4-,6?,7-,8?/m1/s1. The van der Waals surface area contributed by atoms with Crippen molar-refractivity contribution in [3.63, 3.8) is 0 Å². The van der Waals surface area contributed by atoms with E-state index in [4.69, 9.17) is 22.6 Å². The Morgan fingerprint density at radius 3 is 2.72 bits per heavy atom. The molecule has 0 amide bonds. The molecule has 1 aliphatic heterocycles. The third kappa shape index (κ3) is 3.21. The average molecular weight is 281 g/mol. The van der Waals surface area contributed by atoms with Crippen LogP contribution in [0.25, 0.3) is 0 Å². The highest BCUT2D eigenvalue weighted by Crippen LogP contribution is 2.37. The molecule has 1 fully saturated rings. The number of aliphatic hydroxyl groups is 2. The van der Waals surface area contributed by atoms with Gasteiger partial charge in [-0.05, 0) is 6.08 Å². The highest BCUT2D eigenvalue weighted by Gasteiger charge is 2.56. The smallest absolute Gasteiger partial charge is 0.394 e. The van der Waals surface area contributed by atoms with Crippen LogP contribution in [0.5, 0.6) is 0 Å². The molecule has 0 aliphatic carbocycles. The molecule has 5 atom stereocenters. The summed E-state index contributed by atoms with van der Waals surface area (Å²) in [4.78, 5) is 8.63. The van der Waals surface area contributed by atoms with Crippen molar-refractivity contribution in [1.29, 1.82) is 0 Å². The van der Waals surface area contributed by atoms with E-state index in [9.17, 15) is 18.5 Å². The minimum atomic E-state index is -3.15. The Balaban J connectivity index is 3.11. The topological polar surface area (TPSA) is 96.2 Å². The Morgan fingerprint density at radius 1 is 1.67 bits per heavy atom. The Labute approximate surface area is 103 Å². The Hall–Kier alpha value is -0.655. The van der Waals surface area contributed by atoms with Crippen LogP contribution in [0.15, 0.2) is 17.9 Å². The zero-order valence-electron chi connectivity index (χ0n) is 8.86. The van der Waals surface area contributed by atoms with Crippen LogP contribution in [0.1, 0.15) is 0 Å². The van der Waals surface area contributed by atoms with Crippen LogP contribution in [0, 0.1) is 0 Å². The van der Waals surface area contributed by atoms with E-state index in [1.165, 1.54) is 5.73 Å². The number of rotatable bonds is 4. The van der Waals surface area contributed by atoms with Gasteiger partial charge in [-0.15, -0.1) is 9.42 Å². The van der Waals surface area contributed by atoms with E-state index in [0.717, 1.165) is 0 Å². The summed E-state index contributed by atoms with van der Waals surface area (Å²) in [7, 11) is 2.22. The van der Waals surface area contributed by atoms with Crippen molar-refractivity contribution in [3.8, 4) is 0 Å². The quantitative estimate of drug-likeness (QED) is 0.368. The average Bonchev–Trinajstić information content (AvgIpc) is 2.51. The van der Waals surface area contributed by atoms with Crippen LogP contribution in [-0.2, 0) is 13.8 Å². The third-order valence-electron chi connectivity index (χ3n) is 2.37. The SMILES string of the molecule is [B][C@@H]1O[C@H](CO)C(O[P+](=O)O)C1(O)C=C=C(F)F. The maximum atomic E-state index is 11.9. The number of aliphatic hydroxyl groups excluding tert-OH is 1. The molecule has 1 heterocycles. The fourth-order valence-electron chi connectivity index (χ4n) is 1.55. The van der Waals surface area contributed by atoms with Crippen LogP contribution >= 0.6 is 8.25 Å². The highest BCUT2D eigenvalue weighted by atomic mass is 31.1. The van der Waals surface area contributed by atoms with Gasteiger partial charge in [0.05, 0.1) is 12.6 Å². The second-order valence-electron chi connectivity index (χ2n) is 3.48. The lowest BCUT2D eigenvalue weighted by atomic mass is 9.80. The first-order valence-electron chi connectivity index (χ1n) is 4.67. The molecular formula is C8H9BF2O6P+. The largest absolute Gasteiger partial charge is 0.695 e. The van der Waals surface area contributed by atoms with E-state index in [1.54, 1.807) is 0 Å². The van der Waals surface area contributed by atoms with Gasteiger partial charge >= 0.3 is 14.3 Å². The number of halogens is 2. The van der Waals surface area contributed by atoms with E-state index < -0.39 is 44.8 Å². The second-order valence-corrected chi connectivity index (χ2v) is 4.16. The van der Waals surface area contributed by atoms with Crippen molar-refractivity contribution in [3.05, 3.63) is 17.9 Å². The van der Waals surface area contributed by atoms with Gasteiger partial charge in [-0.25, -0.2) is 0 Å². The Bertz CT molecular complexity index is 397. The molecule has 6 nitrogen and oxygen atoms in total. The van der Waals surface area contributed by atoms with Crippen LogP contribution in [0.2, 0.25) is 0 Å². The van der Waals surface area contributed by atoms with Crippen molar-refractivity contribution in [2.75, 3.05) is 6.61 Å². The Morgan fingerprint density at radius 2 is 2.28 bits per heavy atom. The molecule has 2 radical (unpaired) electrons. The van der Waals surface area contributed by atoms with E-state index in [2.05, 4.69) is 4.52 Å². The van der Waals surface area contributed by atoms with E-state index >= 15 is 0 Å². The summed E-state index contributed by atoms with van der Waals surface area (Å²) in [5.74, 6) is 0. The molecule has 1 rings (SSSR count). The number of ether oxygens (including phenoxy) is 1. The molecule has 0 aromatic rings. The fraction of sp³-hybridized carbons (Fsp3) is 0.625. The lowest BCUT2D eigenvalue weighted by molar-refractivity contribution is -0.0140. The normalized spacial score (nSPS) is 36.1. The molecule has 0 spiro atoms. The molecule has 0 bridgehead atoms. The summed E-state index contributed by atoms with van der Waals surface area (Å²) in [6, 6.07) is -1.51. The van der Waals surface area contributed by atoms with Crippen LogP contribution in [-0.4, -0.2) is 53.4 Å². The summed E-state index contributed by atoms with van der Waals surface area (Å²) in [5, 5.41) is 19.0. The summed E-state index contributed by atoms with van der Waals surface area (Å²) in [5.41, 5.74) is -0.885. The van der Waals surface area contributed by atoms with Crippen LogP contribution < -0.4 is 0 Å². The van der Waals surface area contributed by atoms with E-state index in [1.807, 2.05) is 0 Å². The summed E-state index contributed by atoms with van der Waals surface area (Å²) in [6.07, 6.45) is -4.54. The Kier molecular flexibility index (Phi) is 5.13. The van der Waals surface area contributed by atoms with Crippen molar-refractivity contribution in [2.24, 2.45) is 0 Å². The predicted octanol–water partition coefficient (Wildman–Crippen LogP) is -0.426. The third-order valence-corrected chi connectivity index (χ3v) is 2.77. The molecular weight excluding hydrogens is 272 g/mol. The van der Waals surface area contributed by atoms with Gasteiger partial charge in [-0.2, -0.15) is 8.78 Å². The van der Waals surface area contributed by atoms with E-state index in [-0.39, 0.29) is 0 Å². The minimum Gasteiger partial charge on any atom is -0.394 e. The van der Waals surface area contributed by atoms with Gasteiger partial charge in [0.15, 0.2) is 6.10 Å². The predicted molar refractivity (Wildman–Crippen MR) is 55.0 cm³/mol. The first kappa shape index (κ1) is 15.4. The molecule has 1 saturated heterocycles. The first-order chi connectivity index (χ1) is 8.31. The van der Waals surface area contributed by atoms with Crippen molar-refractivity contribution in [2.45, 2.75) is 23.8 Å². The molecule has 98 valence electrons. The minimum absolute atomic E-state index is 0.478. The van der Waals surface area contributed by atoms with Crippen molar-refractivity contribution < 1.29 is 37.7 Å². The highest BCUT2D eigenvalue weighted by molar-refractivity contribution is 7.32. The second kappa shape index (κ2) is 5.99. The van der Waals surface area contributed by atoms with Gasteiger partial charge in [-0.1, -0.05) is 5.73 Å². The zero-order chi connectivity index (χ0) is 13.9. The van der Waals surface area contributed by atoms with E-state index in [0.29, 0.717) is 6.08 Å². The summed E-state index contributed by atoms with van der Waals surface area (Å²) < 4.78 is 43.8. The van der Waals surface area contributed by atoms with Gasteiger partial charge in [-0.3, -0.25) is 0 Å². The molecule has 3 N–H and O–H groups in total. The number of hydrogen-bond acceptors (Lipinski definition) is 5. The molecule has 3 unspecified atom stereocenters. The maximum Gasteiger partial charge on any atom is 0.695 e. The van der Waals surface area contributed by atoms with Gasteiger partial charge in [0, 0.05) is 4.57 Å². The van der Waals surface area contributed by atoms with Crippen LogP contribution in [0.4, 0.5) is 8.78 Å². The van der Waals surface area contributed by atoms with Gasteiger partial charge in [0.2, 0.25) is 0 Å². The molecule has 1 aliphatic rings. The lowest BCUT2D eigenvalue weighted by Crippen LogP contribution is -2.47. The molecule has 0 aromatic carbocycles. The zero-order valence-corrected chi connectivity index (χ0v) is 9.76. The maximum absolute atomic E-state index is 11.9. The molecule has 0 saturated carbocycles. The lowest BCUT2D eigenvalue weighted by Gasteiger charge is -2.24. The summed E-state index contributed by atoms with van der Waals surface area (Å²) in [6.45, 7) is -0.681. The van der Waals surface area contributed by atoms with Gasteiger partial charge in [0.25, 0.3) is 0 Å². The van der Waals surface area contributed by atoms with Crippen molar-refractivity contribution >= 4 is 16.1 Å². The van der Waals surface area contributed by atoms with Gasteiger partial charge < -0.3 is 14.9 Å². The fourth-order valence-corrected chi connectivity index (χ4v) is 2.05. The molecule has 18 heavy (non-hydrogen) atoms. The first-order valence-corrected chi connectivity index (χ1v) is 5.80. The summed E-state index contributed by atoms with van der Waals surface area (Å²) >= 11 is 0. The molecule has 10 heteroatoms. The molecule has 0 aromatic heterocycles. The van der Waals surface area contributed by atoms with Crippen molar-refractivity contribution in [1.82, 2.24) is 0 Å². The number of hydrogen-bond donors (Lipinski definition) is 3. The monoisotopic (exact) mass is 281 g/mol.